The van der Waals surface area contributed by atoms with Crippen LogP contribution in [0.15, 0.2) is 78.9 Å². The Morgan fingerprint density at radius 1 is 0.943 bits per heavy atom. The van der Waals surface area contributed by atoms with Gasteiger partial charge in [0, 0.05) is 17.2 Å². The summed E-state index contributed by atoms with van der Waals surface area (Å²) in [5, 5.41) is 17.0. The number of carboxylic acids is 1. The monoisotopic (exact) mass is 467 g/mol. The molecule has 1 heterocycles. The molecule has 1 unspecified atom stereocenters. The number of aliphatic carboxylic acids is 1. The van der Waals surface area contributed by atoms with Crippen molar-refractivity contribution in [3.05, 3.63) is 107 Å². The summed E-state index contributed by atoms with van der Waals surface area (Å²) in [5.41, 5.74) is 6.84. The third kappa shape index (κ3) is 4.05. The molecule has 2 N–H and O–H groups in total. The van der Waals surface area contributed by atoms with Gasteiger partial charge in [-0.1, -0.05) is 66.7 Å². The van der Waals surface area contributed by atoms with Crippen LogP contribution in [0.5, 0.6) is 0 Å². The number of benzene rings is 3. The molecule has 5 rings (SSSR count). The normalized spacial score (nSPS) is 13.1. The van der Waals surface area contributed by atoms with Crippen molar-refractivity contribution < 1.29 is 19.4 Å². The number of carbonyl (C=O) groups is 2. The quantitative estimate of drug-likeness (QED) is 0.409. The van der Waals surface area contributed by atoms with Crippen molar-refractivity contribution in [2.45, 2.75) is 25.8 Å². The van der Waals surface area contributed by atoms with E-state index in [2.05, 4.69) is 22.5 Å². The van der Waals surface area contributed by atoms with Crippen LogP contribution in [0.3, 0.4) is 0 Å². The van der Waals surface area contributed by atoms with Crippen molar-refractivity contribution in [2.24, 2.45) is 0 Å². The van der Waals surface area contributed by atoms with Crippen molar-refractivity contribution in [3.63, 3.8) is 0 Å². The maximum Gasteiger partial charge on any atom is 0.408 e. The third-order valence-corrected chi connectivity index (χ3v) is 6.49. The second-order valence-electron chi connectivity index (χ2n) is 8.57. The Morgan fingerprint density at radius 2 is 1.51 bits per heavy atom. The lowest BCUT2D eigenvalue weighted by Crippen LogP contribution is -2.35. The standard InChI is InChI=1S/C28H25N3O4/c1-17-25(18(2)31(30-17)19-10-4-3-5-11-19)26(27(32)33)29-28(34)35-16-24-22-14-8-6-12-20(22)21-13-7-9-15-23(21)24/h3-15,24,26H,16H2,1-2H3,(H,29,34)(H,32,33). The second-order valence-corrected chi connectivity index (χ2v) is 8.57. The number of hydrogen-bond acceptors (Lipinski definition) is 4. The zero-order chi connectivity index (χ0) is 24.5. The zero-order valence-electron chi connectivity index (χ0n) is 19.4. The summed E-state index contributed by atoms with van der Waals surface area (Å²) in [7, 11) is 0. The number of carbonyl (C=O) groups excluding carboxylic acids is 1. The largest absolute Gasteiger partial charge is 0.479 e. The molecule has 176 valence electrons. The summed E-state index contributed by atoms with van der Waals surface area (Å²) >= 11 is 0. The summed E-state index contributed by atoms with van der Waals surface area (Å²) in [5.74, 6) is -1.29. The van der Waals surface area contributed by atoms with Gasteiger partial charge in [0.05, 0.1) is 11.4 Å². The molecule has 0 saturated heterocycles. The van der Waals surface area contributed by atoms with E-state index in [0.29, 0.717) is 17.0 Å². The first-order valence-electron chi connectivity index (χ1n) is 11.4. The van der Waals surface area contributed by atoms with E-state index in [9.17, 15) is 14.7 Å². The first-order chi connectivity index (χ1) is 17.0. The van der Waals surface area contributed by atoms with Crippen molar-refractivity contribution in [2.75, 3.05) is 6.61 Å². The number of ether oxygens (including phenoxy) is 1. The molecule has 1 aliphatic carbocycles. The van der Waals surface area contributed by atoms with E-state index in [0.717, 1.165) is 27.9 Å². The molecule has 1 aliphatic rings. The van der Waals surface area contributed by atoms with Crippen molar-refractivity contribution in [1.82, 2.24) is 15.1 Å². The number of amides is 1. The number of carboxylic acid groups (broad SMARTS) is 1. The first-order valence-corrected chi connectivity index (χ1v) is 11.4. The number of fused-ring (bicyclic) bond motifs is 3. The minimum atomic E-state index is -1.29. The summed E-state index contributed by atoms with van der Waals surface area (Å²) < 4.78 is 7.25. The van der Waals surface area contributed by atoms with Gasteiger partial charge in [0.15, 0.2) is 6.04 Å². The lowest BCUT2D eigenvalue weighted by Gasteiger charge is -2.18. The topological polar surface area (TPSA) is 93.5 Å². The molecule has 0 radical (unpaired) electrons. The fourth-order valence-corrected chi connectivity index (χ4v) is 4.91. The Balaban J connectivity index is 1.35. The number of hydrogen-bond donors (Lipinski definition) is 2. The lowest BCUT2D eigenvalue weighted by atomic mass is 9.98. The van der Waals surface area contributed by atoms with E-state index in [1.165, 1.54) is 0 Å². The Kier molecular flexibility index (Phi) is 5.82. The van der Waals surface area contributed by atoms with Crippen LogP contribution in [0.2, 0.25) is 0 Å². The maximum atomic E-state index is 12.8. The zero-order valence-corrected chi connectivity index (χ0v) is 19.4. The van der Waals surface area contributed by atoms with Gasteiger partial charge in [0.25, 0.3) is 0 Å². The average molecular weight is 468 g/mol. The van der Waals surface area contributed by atoms with Gasteiger partial charge in [-0.25, -0.2) is 14.3 Å². The van der Waals surface area contributed by atoms with E-state index < -0.39 is 18.1 Å². The SMILES string of the molecule is Cc1nn(-c2ccccc2)c(C)c1C(NC(=O)OCC1c2ccccc2-c2ccccc21)C(=O)O. The third-order valence-electron chi connectivity index (χ3n) is 6.49. The number of aromatic nitrogens is 2. The number of rotatable bonds is 6. The minimum Gasteiger partial charge on any atom is -0.479 e. The van der Waals surface area contributed by atoms with Gasteiger partial charge >= 0.3 is 12.1 Å². The van der Waals surface area contributed by atoms with E-state index in [4.69, 9.17) is 4.74 Å². The number of alkyl carbamates (subject to hydrolysis) is 1. The maximum absolute atomic E-state index is 12.8. The number of nitrogens with one attached hydrogen (secondary N) is 1. The van der Waals surface area contributed by atoms with Crippen LogP contribution in [0, 0.1) is 13.8 Å². The summed E-state index contributed by atoms with van der Waals surface area (Å²) in [6.45, 7) is 3.63. The predicted molar refractivity (Wildman–Crippen MR) is 132 cm³/mol. The molecule has 4 aromatic rings. The van der Waals surface area contributed by atoms with Crippen LogP contribution < -0.4 is 5.32 Å². The van der Waals surface area contributed by atoms with Gasteiger partial charge < -0.3 is 15.2 Å². The lowest BCUT2D eigenvalue weighted by molar-refractivity contribution is -0.139. The molecule has 0 aliphatic heterocycles. The Morgan fingerprint density at radius 3 is 2.11 bits per heavy atom. The second kappa shape index (κ2) is 9.10. The fourth-order valence-electron chi connectivity index (χ4n) is 4.91. The molecule has 0 saturated carbocycles. The van der Waals surface area contributed by atoms with E-state index in [1.54, 1.807) is 18.5 Å². The molecule has 3 aromatic carbocycles. The van der Waals surface area contributed by atoms with Gasteiger partial charge in [-0.15, -0.1) is 0 Å². The molecule has 7 nitrogen and oxygen atoms in total. The highest BCUT2D eigenvalue weighted by molar-refractivity contribution is 5.82. The van der Waals surface area contributed by atoms with Crippen LogP contribution in [0.25, 0.3) is 16.8 Å². The fraction of sp³-hybridized carbons (Fsp3) is 0.179. The van der Waals surface area contributed by atoms with Crippen LogP contribution in [0.1, 0.15) is 40.0 Å². The summed E-state index contributed by atoms with van der Waals surface area (Å²) in [4.78, 5) is 25.0. The van der Waals surface area contributed by atoms with Gasteiger partial charge in [-0.3, -0.25) is 0 Å². The molecule has 35 heavy (non-hydrogen) atoms. The molecule has 1 atom stereocenters. The van der Waals surface area contributed by atoms with Crippen molar-refractivity contribution in [1.29, 1.82) is 0 Å². The highest BCUT2D eigenvalue weighted by Crippen LogP contribution is 2.44. The van der Waals surface area contributed by atoms with Crippen LogP contribution in [-0.2, 0) is 9.53 Å². The van der Waals surface area contributed by atoms with Gasteiger partial charge in [-0.05, 0) is 48.2 Å². The number of nitrogens with zero attached hydrogens (tertiary/aromatic N) is 2. The Hall–Kier alpha value is -4.39. The smallest absolute Gasteiger partial charge is 0.408 e. The molecule has 1 aromatic heterocycles. The Labute approximate surface area is 203 Å². The summed E-state index contributed by atoms with van der Waals surface area (Å²) in [6, 6.07) is 24.3. The number of para-hydroxylation sites is 1. The molecule has 0 bridgehead atoms. The van der Waals surface area contributed by atoms with Gasteiger partial charge in [-0.2, -0.15) is 5.10 Å². The molecule has 0 fully saturated rings. The highest BCUT2D eigenvalue weighted by Gasteiger charge is 2.32. The van der Waals surface area contributed by atoms with E-state index in [1.807, 2.05) is 66.7 Å². The molecular weight excluding hydrogens is 442 g/mol. The van der Waals surface area contributed by atoms with Crippen LogP contribution in [0.4, 0.5) is 4.79 Å². The highest BCUT2D eigenvalue weighted by atomic mass is 16.5. The summed E-state index contributed by atoms with van der Waals surface area (Å²) in [6.07, 6.45) is -0.787. The predicted octanol–water partition coefficient (Wildman–Crippen LogP) is 5.15. The van der Waals surface area contributed by atoms with Crippen LogP contribution >= 0.6 is 0 Å². The molecule has 1 amide bonds. The molecule has 7 heteroatoms. The van der Waals surface area contributed by atoms with Gasteiger partial charge in [0.1, 0.15) is 6.61 Å². The average Bonchev–Trinajstić information content (AvgIpc) is 3.35. The first kappa shape index (κ1) is 22.4. The molecule has 0 spiro atoms. The van der Waals surface area contributed by atoms with Crippen molar-refractivity contribution >= 4 is 12.1 Å². The van der Waals surface area contributed by atoms with E-state index >= 15 is 0 Å². The minimum absolute atomic E-state index is 0.105. The molecular formula is C28H25N3O4. The van der Waals surface area contributed by atoms with Gasteiger partial charge in [0.2, 0.25) is 0 Å². The number of aryl methyl sites for hydroxylation is 1. The Bertz CT molecular complexity index is 1370. The van der Waals surface area contributed by atoms with E-state index in [-0.39, 0.29) is 12.5 Å². The van der Waals surface area contributed by atoms with Crippen LogP contribution in [-0.4, -0.2) is 33.6 Å². The van der Waals surface area contributed by atoms with Crippen molar-refractivity contribution in [3.8, 4) is 16.8 Å².